The smallest absolute Gasteiger partial charge is 0.257 e. The number of aromatic nitrogens is 1. The summed E-state index contributed by atoms with van der Waals surface area (Å²) in [6.07, 6.45) is 0. The minimum atomic E-state index is -0.237. The van der Waals surface area contributed by atoms with Crippen molar-refractivity contribution in [2.45, 2.75) is 13.8 Å². The van der Waals surface area contributed by atoms with Crippen molar-refractivity contribution in [1.29, 1.82) is 0 Å². The highest BCUT2D eigenvalue weighted by molar-refractivity contribution is 6.33. The van der Waals surface area contributed by atoms with E-state index in [1.807, 2.05) is 49.1 Å². The number of amides is 2. The van der Waals surface area contributed by atoms with Crippen molar-refractivity contribution in [2.75, 3.05) is 29.9 Å². The molecule has 2 heterocycles. The molecular formula is C22H21ClN4O2. The van der Waals surface area contributed by atoms with Crippen molar-refractivity contribution >= 4 is 45.7 Å². The minimum absolute atomic E-state index is 0.0285. The fourth-order valence-electron chi connectivity index (χ4n) is 3.51. The molecule has 2 N–H and O–H groups in total. The fraction of sp³-hybridized carbons (Fsp3) is 0.227. The number of pyridine rings is 1. The van der Waals surface area contributed by atoms with Crippen molar-refractivity contribution < 1.29 is 9.59 Å². The number of carbonyl (C=O) groups excluding carboxylic acids is 2. The molecule has 0 radical (unpaired) electrons. The average Bonchev–Trinajstić information content (AvgIpc) is 2.68. The van der Waals surface area contributed by atoms with Gasteiger partial charge in [-0.25, -0.2) is 0 Å². The fourth-order valence-corrected chi connectivity index (χ4v) is 3.81. The van der Waals surface area contributed by atoms with Crippen LogP contribution in [0.1, 0.15) is 21.6 Å². The first-order chi connectivity index (χ1) is 13.9. The maximum absolute atomic E-state index is 12.8. The zero-order chi connectivity index (χ0) is 20.5. The molecule has 1 fully saturated rings. The van der Waals surface area contributed by atoms with E-state index in [2.05, 4.69) is 15.6 Å². The Balaban J connectivity index is 1.57. The average molecular weight is 409 g/mol. The summed E-state index contributed by atoms with van der Waals surface area (Å²) in [5, 5.41) is 7.10. The molecule has 0 spiro atoms. The summed E-state index contributed by atoms with van der Waals surface area (Å²) < 4.78 is 0. The standard InChI is InChI=1S/C22H21ClN4O2/c1-13-3-5-19-15(9-13)10-17(14(2)25-19)22(29)26-16-4-6-20(18(23)11-16)27-8-7-24-21(28)12-27/h3-6,9-11H,7-8,12H2,1-2H3,(H,24,28)(H,26,29). The molecule has 6 nitrogen and oxygen atoms in total. The number of anilines is 2. The molecule has 0 saturated carbocycles. The van der Waals surface area contributed by atoms with Gasteiger partial charge in [-0.05, 0) is 50.2 Å². The van der Waals surface area contributed by atoms with Gasteiger partial charge in [0.2, 0.25) is 5.91 Å². The number of piperazine rings is 1. The monoisotopic (exact) mass is 408 g/mol. The van der Waals surface area contributed by atoms with E-state index in [1.54, 1.807) is 12.1 Å². The zero-order valence-electron chi connectivity index (χ0n) is 16.3. The van der Waals surface area contributed by atoms with Crippen LogP contribution in [0.4, 0.5) is 11.4 Å². The van der Waals surface area contributed by atoms with Crippen LogP contribution in [-0.2, 0) is 4.79 Å². The first-order valence-corrected chi connectivity index (χ1v) is 9.79. The van der Waals surface area contributed by atoms with E-state index >= 15 is 0 Å². The summed E-state index contributed by atoms with van der Waals surface area (Å²) in [4.78, 5) is 30.9. The van der Waals surface area contributed by atoms with Crippen LogP contribution in [0.3, 0.4) is 0 Å². The van der Waals surface area contributed by atoms with Crippen molar-refractivity contribution in [1.82, 2.24) is 10.3 Å². The van der Waals surface area contributed by atoms with Gasteiger partial charge in [-0.1, -0.05) is 23.2 Å². The number of halogens is 1. The Hall–Kier alpha value is -3.12. The summed E-state index contributed by atoms with van der Waals surface area (Å²) in [5.41, 5.74) is 4.54. The Bertz CT molecular complexity index is 1130. The minimum Gasteiger partial charge on any atom is -0.359 e. The molecule has 148 valence electrons. The molecule has 3 aromatic rings. The highest BCUT2D eigenvalue weighted by Crippen LogP contribution is 2.29. The Kier molecular flexibility index (Phi) is 5.11. The summed E-state index contributed by atoms with van der Waals surface area (Å²) in [5.74, 6) is -0.265. The lowest BCUT2D eigenvalue weighted by atomic mass is 10.1. The third-order valence-corrected chi connectivity index (χ3v) is 5.29. The predicted molar refractivity (Wildman–Crippen MR) is 116 cm³/mol. The molecule has 1 saturated heterocycles. The molecule has 0 bridgehead atoms. The van der Waals surface area contributed by atoms with Crippen molar-refractivity contribution in [2.24, 2.45) is 0 Å². The van der Waals surface area contributed by atoms with Gasteiger partial charge < -0.3 is 15.5 Å². The first kappa shape index (κ1) is 19.2. The van der Waals surface area contributed by atoms with Crippen LogP contribution in [0, 0.1) is 13.8 Å². The van der Waals surface area contributed by atoms with Crippen LogP contribution in [0.2, 0.25) is 5.02 Å². The van der Waals surface area contributed by atoms with Gasteiger partial charge in [0.05, 0.1) is 34.0 Å². The Morgan fingerprint density at radius 2 is 2.00 bits per heavy atom. The van der Waals surface area contributed by atoms with E-state index in [0.29, 0.717) is 35.1 Å². The number of aryl methyl sites for hydroxylation is 2. The zero-order valence-corrected chi connectivity index (χ0v) is 17.0. The highest BCUT2D eigenvalue weighted by Gasteiger charge is 2.19. The Labute approximate surface area is 173 Å². The molecule has 29 heavy (non-hydrogen) atoms. The first-order valence-electron chi connectivity index (χ1n) is 9.41. The molecular weight excluding hydrogens is 388 g/mol. The van der Waals surface area contributed by atoms with Gasteiger partial charge in [-0.2, -0.15) is 0 Å². The number of nitrogens with one attached hydrogen (secondary N) is 2. The number of benzene rings is 2. The molecule has 4 rings (SSSR count). The van der Waals surface area contributed by atoms with Crippen LogP contribution in [0.15, 0.2) is 42.5 Å². The molecule has 0 atom stereocenters. The third kappa shape index (κ3) is 4.03. The maximum atomic E-state index is 12.8. The van der Waals surface area contributed by atoms with E-state index in [4.69, 9.17) is 11.6 Å². The normalized spacial score (nSPS) is 14.0. The van der Waals surface area contributed by atoms with Crippen LogP contribution in [-0.4, -0.2) is 36.4 Å². The van der Waals surface area contributed by atoms with Gasteiger partial charge in [-0.3, -0.25) is 14.6 Å². The molecule has 0 aliphatic carbocycles. The molecule has 0 unspecified atom stereocenters. The largest absolute Gasteiger partial charge is 0.359 e. The lowest BCUT2D eigenvalue weighted by molar-refractivity contribution is -0.120. The third-order valence-electron chi connectivity index (χ3n) is 4.99. The number of hydrogen-bond acceptors (Lipinski definition) is 4. The van der Waals surface area contributed by atoms with E-state index in [1.165, 1.54) is 0 Å². The van der Waals surface area contributed by atoms with Gasteiger partial charge >= 0.3 is 0 Å². The van der Waals surface area contributed by atoms with Crippen LogP contribution >= 0.6 is 11.6 Å². The predicted octanol–water partition coefficient (Wildman–Crippen LogP) is 3.69. The number of carbonyl (C=O) groups is 2. The van der Waals surface area contributed by atoms with Gasteiger partial charge in [0, 0.05) is 24.2 Å². The van der Waals surface area contributed by atoms with E-state index < -0.39 is 0 Å². The SMILES string of the molecule is Cc1ccc2nc(C)c(C(=O)Nc3ccc(N4CCNC(=O)C4)c(Cl)c3)cc2c1. The second-order valence-corrected chi connectivity index (χ2v) is 7.62. The summed E-state index contributed by atoms with van der Waals surface area (Å²) in [6.45, 7) is 5.38. The van der Waals surface area contributed by atoms with Crippen LogP contribution in [0.5, 0.6) is 0 Å². The van der Waals surface area contributed by atoms with Crippen molar-refractivity contribution in [3.8, 4) is 0 Å². The lowest BCUT2D eigenvalue weighted by Gasteiger charge is -2.29. The van der Waals surface area contributed by atoms with Gasteiger partial charge in [-0.15, -0.1) is 0 Å². The van der Waals surface area contributed by atoms with Crippen LogP contribution < -0.4 is 15.5 Å². The summed E-state index contributed by atoms with van der Waals surface area (Å²) in [6, 6.07) is 13.2. The second kappa shape index (κ2) is 7.72. The molecule has 2 aromatic carbocycles. The molecule has 1 aliphatic heterocycles. The van der Waals surface area contributed by atoms with Crippen molar-refractivity contribution in [3.05, 3.63) is 64.3 Å². The van der Waals surface area contributed by atoms with Gasteiger partial charge in [0.25, 0.3) is 5.91 Å². The van der Waals surface area contributed by atoms with Crippen molar-refractivity contribution in [3.63, 3.8) is 0 Å². The Morgan fingerprint density at radius 3 is 2.76 bits per heavy atom. The number of fused-ring (bicyclic) bond motifs is 1. The van der Waals surface area contributed by atoms with Gasteiger partial charge in [0.1, 0.15) is 0 Å². The topological polar surface area (TPSA) is 74.3 Å². The Morgan fingerprint density at radius 1 is 1.17 bits per heavy atom. The summed E-state index contributed by atoms with van der Waals surface area (Å²) in [7, 11) is 0. The van der Waals surface area contributed by atoms with Gasteiger partial charge in [0.15, 0.2) is 0 Å². The highest BCUT2D eigenvalue weighted by atomic mass is 35.5. The number of hydrogen-bond donors (Lipinski definition) is 2. The van der Waals surface area contributed by atoms with E-state index in [9.17, 15) is 9.59 Å². The molecule has 2 amide bonds. The van der Waals surface area contributed by atoms with E-state index in [0.717, 1.165) is 22.2 Å². The molecule has 7 heteroatoms. The summed E-state index contributed by atoms with van der Waals surface area (Å²) >= 11 is 6.43. The lowest BCUT2D eigenvalue weighted by Crippen LogP contribution is -2.47. The molecule has 1 aliphatic rings. The van der Waals surface area contributed by atoms with Crippen LogP contribution in [0.25, 0.3) is 10.9 Å². The quantitative estimate of drug-likeness (QED) is 0.693. The number of rotatable bonds is 3. The second-order valence-electron chi connectivity index (χ2n) is 7.21. The number of nitrogens with zero attached hydrogens (tertiary/aromatic N) is 2. The molecule has 1 aromatic heterocycles. The van der Waals surface area contributed by atoms with E-state index in [-0.39, 0.29) is 18.4 Å². The maximum Gasteiger partial charge on any atom is 0.257 e.